The van der Waals surface area contributed by atoms with Crippen LogP contribution in [0, 0.1) is 0 Å². The van der Waals surface area contributed by atoms with Gasteiger partial charge in [0.05, 0.1) is 12.8 Å². The summed E-state index contributed by atoms with van der Waals surface area (Å²) >= 11 is 1.96. The largest absolute Gasteiger partial charge is 0.464 e. The number of methoxy groups -OCH3 is 1. The second-order valence-electron chi connectivity index (χ2n) is 4.14. The van der Waals surface area contributed by atoms with Gasteiger partial charge in [0.2, 0.25) is 0 Å². The molecule has 1 aromatic heterocycles. The number of nitrogens with zero attached hydrogens (tertiary/aromatic N) is 1. The summed E-state index contributed by atoms with van der Waals surface area (Å²) in [4.78, 5) is 15.6. The number of esters is 1. The maximum Gasteiger partial charge on any atom is 0.356 e. The average Bonchev–Trinajstić information content (AvgIpc) is 2.90. The zero-order chi connectivity index (χ0) is 13.0. The monoisotopic (exact) mass is 267 g/mol. The Labute approximate surface area is 110 Å². The number of nitrogens with two attached hydrogens (primary N) is 1. The molecule has 0 amide bonds. The van der Waals surface area contributed by atoms with Crippen molar-refractivity contribution < 1.29 is 9.53 Å². The van der Waals surface area contributed by atoms with Crippen LogP contribution < -0.4 is 11.1 Å². The van der Waals surface area contributed by atoms with E-state index in [1.165, 1.54) is 25.7 Å². The number of ether oxygens (including phenoxy) is 1. The minimum Gasteiger partial charge on any atom is -0.464 e. The highest BCUT2D eigenvalue weighted by atomic mass is 32.2. The van der Waals surface area contributed by atoms with Gasteiger partial charge in [0.15, 0.2) is 5.69 Å². The van der Waals surface area contributed by atoms with Gasteiger partial charge < -0.3 is 15.8 Å². The highest BCUT2D eigenvalue weighted by Crippen LogP contribution is 2.26. The van der Waals surface area contributed by atoms with Crippen molar-refractivity contribution in [3.05, 3.63) is 17.8 Å². The van der Waals surface area contributed by atoms with Gasteiger partial charge in [0.25, 0.3) is 0 Å². The van der Waals surface area contributed by atoms with Crippen molar-refractivity contribution in [2.75, 3.05) is 30.5 Å². The van der Waals surface area contributed by atoms with E-state index >= 15 is 0 Å². The molecule has 1 atom stereocenters. The molecule has 1 unspecified atom stereocenters. The van der Waals surface area contributed by atoms with E-state index in [-0.39, 0.29) is 5.69 Å². The average molecular weight is 267 g/mol. The van der Waals surface area contributed by atoms with Gasteiger partial charge in [-0.1, -0.05) is 0 Å². The summed E-state index contributed by atoms with van der Waals surface area (Å²) in [5.74, 6) is 1.33. The topological polar surface area (TPSA) is 77.2 Å². The van der Waals surface area contributed by atoms with Crippen LogP contribution in [-0.4, -0.2) is 35.6 Å². The van der Waals surface area contributed by atoms with Crippen molar-refractivity contribution in [1.29, 1.82) is 0 Å². The van der Waals surface area contributed by atoms with Crippen molar-refractivity contribution >= 4 is 29.2 Å². The number of nitrogen functional groups attached to an aromatic ring is 1. The van der Waals surface area contributed by atoms with E-state index in [1.807, 2.05) is 11.8 Å². The Balaban J connectivity index is 2.03. The number of carbonyl (C=O) groups is 1. The Morgan fingerprint density at radius 3 is 3.17 bits per heavy atom. The van der Waals surface area contributed by atoms with Gasteiger partial charge in [0.1, 0.15) is 5.82 Å². The van der Waals surface area contributed by atoms with Crippen molar-refractivity contribution in [2.24, 2.45) is 0 Å². The van der Waals surface area contributed by atoms with Gasteiger partial charge in [-0.15, -0.1) is 0 Å². The molecule has 18 heavy (non-hydrogen) atoms. The predicted octanol–water partition coefficient (Wildman–Crippen LogP) is 1.76. The van der Waals surface area contributed by atoms with Crippen molar-refractivity contribution in [3.63, 3.8) is 0 Å². The third-order valence-corrected chi connectivity index (χ3v) is 4.24. The van der Waals surface area contributed by atoms with E-state index in [4.69, 9.17) is 5.73 Å². The molecule has 6 heteroatoms. The van der Waals surface area contributed by atoms with Crippen LogP contribution in [0.1, 0.15) is 23.3 Å². The molecule has 0 aromatic carbocycles. The molecule has 0 bridgehead atoms. The standard InChI is InChI=1S/C12H17N3O2S/c1-17-12(16)10-5-4-9(13)11(15-10)14-7-8-3-2-6-18-8/h4-5,8H,2-3,6-7,13H2,1H3,(H,14,15). The fraction of sp³-hybridized carbons (Fsp3) is 0.500. The molecule has 0 radical (unpaired) electrons. The molecule has 0 saturated carbocycles. The third-order valence-electron chi connectivity index (χ3n) is 2.84. The zero-order valence-electron chi connectivity index (χ0n) is 10.3. The molecule has 1 aliphatic rings. The summed E-state index contributed by atoms with van der Waals surface area (Å²) in [5, 5.41) is 3.81. The smallest absolute Gasteiger partial charge is 0.356 e. The Morgan fingerprint density at radius 2 is 2.50 bits per heavy atom. The van der Waals surface area contributed by atoms with Crippen LogP contribution in [0.25, 0.3) is 0 Å². The second-order valence-corrected chi connectivity index (χ2v) is 5.55. The maximum atomic E-state index is 11.4. The molecule has 2 rings (SSSR count). The first-order valence-electron chi connectivity index (χ1n) is 5.91. The van der Waals surface area contributed by atoms with E-state index in [0.29, 0.717) is 16.8 Å². The summed E-state index contributed by atoms with van der Waals surface area (Å²) in [7, 11) is 1.34. The molecular formula is C12H17N3O2S. The molecule has 3 N–H and O–H groups in total. The number of rotatable bonds is 4. The minimum absolute atomic E-state index is 0.272. The molecule has 5 nitrogen and oxygen atoms in total. The lowest BCUT2D eigenvalue weighted by Gasteiger charge is -2.12. The lowest BCUT2D eigenvalue weighted by molar-refractivity contribution is 0.0594. The van der Waals surface area contributed by atoms with Gasteiger partial charge in [-0.05, 0) is 30.7 Å². The number of carbonyl (C=O) groups excluding carboxylic acids is 1. The van der Waals surface area contributed by atoms with Gasteiger partial charge >= 0.3 is 5.97 Å². The highest BCUT2D eigenvalue weighted by Gasteiger charge is 2.16. The van der Waals surface area contributed by atoms with Crippen molar-refractivity contribution in [3.8, 4) is 0 Å². The van der Waals surface area contributed by atoms with Crippen LogP contribution >= 0.6 is 11.8 Å². The van der Waals surface area contributed by atoms with Crippen molar-refractivity contribution in [2.45, 2.75) is 18.1 Å². The van der Waals surface area contributed by atoms with E-state index in [0.717, 1.165) is 6.54 Å². The lowest BCUT2D eigenvalue weighted by atomic mass is 10.2. The summed E-state index contributed by atoms with van der Waals surface area (Å²) in [5.41, 5.74) is 6.65. The first-order valence-corrected chi connectivity index (χ1v) is 6.96. The number of thioether (sulfide) groups is 1. The number of anilines is 2. The van der Waals surface area contributed by atoms with E-state index < -0.39 is 5.97 Å². The van der Waals surface area contributed by atoms with Crippen molar-refractivity contribution in [1.82, 2.24) is 4.98 Å². The molecule has 2 heterocycles. The second kappa shape index (κ2) is 5.95. The van der Waals surface area contributed by atoms with E-state index in [1.54, 1.807) is 12.1 Å². The summed E-state index contributed by atoms with van der Waals surface area (Å²) in [6.45, 7) is 0.826. The molecule has 1 fully saturated rings. The van der Waals surface area contributed by atoms with Crippen LogP contribution in [0.2, 0.25) is 0 Å². The van der Waals surface area contributed by atoms with Gasteiger partial charge in [-0.2, -0.15) is 11.8 Å². The molecule has 0 aliphatic carbocycles. The zero-order valence-corrected chi connectivity index (χ0v) is 11.1. The van der Waals surface area contributed by atoms with Crippen LogP contribution in [0.15, 0.2) is 12.1 Å². The molecule has 0 spiro atoms. The Hall–Kier alpha value is -1.43. The number of hydrogen-bond acceptors (Lipinski definition) is 6. The molecule has 1 aliphatic heterocycles. The molecule has 1 saturated heterocycles. The first kappa shape index (κ1) is 13.0. The normalized spacial score (nSPS) is 18.6. The fourth-order valence-corrected chi connectivity index (χ4v) is 3.05. The molecular weight excluding hydrogens is 250 g/mol. The number of pyridine rings is 1. The molecule has 1 aromatic rings. The fourth-order valence-electron chi connectivity index (χ4n) is 1.85. The lowest BCUT2D eigenvalue weighted by Crippen LogP contribution is -2.16. The van der Waals surface area contributed by atoms with Gasteiger partial charge in [0, 0.05) is 11.8 Å². The van der Waals surface area contributed by atoms with Crippen LogP contribution in [0.4, 0.5) is 11.5 Å². The number of aromatic nitrogens is 1. The Kier molecular flexibility index (Phi) is 4.30. The first-order chi connectivity index (χ1) is 8.70. The van der Waals surface area contributed by atoms with Crippen LogP contribution in [0.5, 0.6) is 0 Å². The third kappa shape index (κ3) is 3.07. The van der Waals surface area contributed by atoms with Crippen LogP contribution in [-0.2, 0) is 4.74 Å². The SMILES string of the molecule is COC(=O)c1ccc(N)c(NCC2CCCS2)n1. The van der Waals surface area contributed by atoms with Gasteiger partial charge in [-0.25, -0.2) is 9.78 Å². The summed E-state index contributed by atoms with van der Waals surface area (Å²) < 4.78 is 4.63. The van der Waals surface area contributed by atoms with Crippen LogP contribution in [0.3, 0.4) is 0 Å². The number of hydrogen-bond donors (Lipinski definition) is 2. The predicted molar refractivity (Wildman–Crippen MR) is 74.0 cm³/mol. The Bertz CT molecular complexity index is 433. The minimum atomic E-state index is -0.451. The van der Waals surface area contributed by atoms with Gasteiger partial charge in [-0.3, -0.25) is 0 Å². The Morgan fingerprint density at radius 1 is 1.67 bits per heavy atom. The molecule has 98 valence electrons. The van der Waals surface area contributed by atoms with E-state index in [9.17, 15) is 4.79 Å². The quantitative estimate of drug-likeness (QED) is 0.809. The summed E-state index contributed by atoms with van der Waals surface area (Å²) in [6, 6.07) is 3.24. The number of nitrogens with one attached hydrogen (secondary N) is 1. The maximum absolute atomic E-state index is 11.4. The summed E-state index contributed by atoms with van der Waals surface area (Å²) in [6.07, 6.45) is 2.48. The highest BCUT2D eigenvalue weighted by molar-refractivity contribution is 8.00. The van der Waals surface area contributed by atoms with E-state index in [2.05, 4.69) is 15.0 Å².